The summed E-state index contributed by atoms with van der Waals surface area (Å²) in [6.07, 6.45) is 5.81. The molecule has 0 N–H and O–H groups in total. The number of fused-ring (bicyclic) bond motifs is 2. The maximum Gasteiger partial charge on any atom is 0.126 e. The minimum atomic E-state index is -0.0243. The van der Waals surface area contributed by atoms with Gasteiger partial charge in [-0.1, -0.05) is 18.6 Å². The van der Waals surface area contributed by atoms with E-state index in [1.54, 1.807) is 0 Å². The summed E-state index contributed by atoms with van der Waals surface area (Å²) in [5.74, 6) is 1.26. The molecule has 2 rings (SSSR count). The third-order valence-corrected chi connectivity index (χ3v) is 3.35. The van der Waals surface area contributed by atoms with Crippen molar-refractivity contribution in [2.24, 2.45) is 17.3 Å². The summed E-state index contributed by atoms with van der Waals surface area (Å²) < 4.78 is 0. The second-order valence-electron chi connectivity index (χ2n) is 4.29. The molecule has 1 heteroatoms. The van der Waals surface area contributed by atoms with Gasteiger partial charge < -0.3 is 4.79 Å². The summed E-state index contributed by atoms with van der Waals surface area (Å²) in [7, 11) is 0. The Balaban J connectivity index is 2.34. The average Bonchev–Trinajstić information content (AvgIpc) is 2.44. The largest absolute Gasteiger partial charge is 0.303 e. The monoisotopic (exact) mass is 150 g/mol. The van der Waals surface area contributed by atoms with Crippen LogP contribution in [0.3, 0.4) is 0 Å². The predicted octanol–water partition coefficient (Wildman–Crippen LogP) is 2.18. The van der Waals surface area contributed by atoms with Crippen LogP contribution in [0, 0.1) is 17.3 Å². The molecule has 11 heavy (non-hydrogen) atoms. The lowest BCUT2D eigenvalue weighted by Crippen LogP contribution is -2.25. The van der Waals surface area contributed by atoms with E-state index in [0.717, 1.165) is 12.7 Å². The van der Waals surface area contributed by atoms with Crippen molar-refractivity contribution in [1.29, 1.82) is 0 Å². The minimum absolute atomic E-state index is 0.0243. The van der Waals surface area contributed by atoms with Crippen molar-refractivity contribution in [3.63, 3.8) is 0 Å². The topological polar surface area (TPSA) is 17.1 Å². The second-order valence-corrected chi connectivity index (χ2v) is 4.29. The minimum Gasteiger partial charge on any atom is -0.303 e. The summed E-state index contributed by atoms with van der Waals surface area (Å²) in [6, 6.07) is 0. The van der Waals surface area contributed by atoms with E-state index in [1.807, 2.05) is 0 Å². The first-order valence-corrected chi connectivity index (χ1v) is 4.30. The zero-order valence-corrected chi connectivity index (χ0v) is 7.13. The lowest BCUT2D eigenvalue weighted by molar-refractivity contribution is -0.116. The van der Waals surface area contributed by atoms with Gasteiger partial charge >= 0.3 is 0 Å². The van der Waals surface area contributed by atoms with E-state index in [9.17, 15) is 4.79 Å². The van der Waals surface area contributed by atoms with Crippen LogP contribution >= 0.6 is 0 Å². The van der Waals surface area contributed by atoms with E-state index >= 15 is 0 Å². The molecule has 1 fully saturated rings. The van der Waals surface area contributed by atoms with Gasteiger partial charge in [-0.05, 0) is 31.6 Å². The molecule has 0 spiro atoms. The molecule has 0 radical (unpaired) electrons. The van der Waals surface area contributed by atoms with Crippen LogP contribution in [0.1, 0.15) is 26.7 Å². The highest BCUT2D eigenvalue weighted by atomic mass is 16.1. The first-order valence-electron chi connectivity index (χ1n) is 4.30. The molecular formula is C10H14O. The Kier molecular flexibility index (Phi) is 1.26. The number of rotatable bonds is 1. The highest BCUT2D eigenvalue weighted by Crippen LogP contribution is 2.53. The first-order chi connectivity index (χ1) is 5.15. The van der Waals surface area contributed by atoms with Crippen LogP contribution in [-0.4, -0.2) is 6.29 Å². The normalized spacial score (nSPS) is 47.6. The number of aldehydes is 1. The van der Waals surface area contributed by atoms with E-state index in [4.69, 9.17) is 0 Å². The molecule has 2 bridgehead atoms. The number of allylic oxidation sites excluding steroid dienone is 2. The molecule has 3 unspecified atom stereocenters. The molecule has 0 aliphatic heterocycles. The van der Waals surface area contributed by atoms with Crippen molar-refractivity contribution >= 4 is 6.29 Å². The SMILES string of the molecule is CC1=CC2CC1C(C)(C=O)C2. The van der Waals surface area contributed by atoms with Gasteiger partial charge in [0.15, 0.2) is 0 Å². The molecule has 2 aliphatic carbocycles. The van der Waals surface area contributed by atoms with Crippen molar-refractivity contribution in [2.75, 3.05) is 0 Å². The van der Waals surface area contributed by atoms with E-state index in [1.165, 1.54) is 12.0 Å². The fourth-order valence-electron chi connectivity index (χ4n) is 2.81. The van der Waals surface area contributed by atoms with Gasteiger partial charge in [-0.3, -0.25) is 0 Å². The first kappa shape index (κ1) is 7.08. The summed E-state index contributed by atoms with van der Waals surface area (Å²) >= 11 is 0. The zero-order chi connectivity index (χ0) is 8.06. The van der Waals surface area contributed by atoms with Crippen molar-refractivity contribution in [3.05, 3.63) is 11.6 Å². The molecule has 2 aliphatic rings. The number of hydrogen-bond donors (Lipinski definition) is 0. The predicted molar refractivity (Wildman–Crippen MR) is 44.1 cm³/mol. The van der Waals surface area contributed by atoms with Crippen LogP contribution in [0.25, 0.3) is 0 Å². The smallest absolute Gasteiger partial charge is 0.126 e. The molecule has 1 saturated carbocycles. The van der Waals surface area contributed by atoms with E-state index < -0.39 is 0 Å². The van der Waals surface area contributed by atoms with Crippen LogP contribution in [-0.2, 0) is 4.79 Å². The van der Waals surface area contributed by atoms with Crippen molar-refractivity contribution in [1.82, 2.24) is 0 Å². The van der Waals surface area contributed by atoms with Gasteiger partial charge in [-0.25, -0.2) is 0 Å². The maximum absolute atomic E-state index is 10.8. The van der Waals surface area contributed by atoms with Crippen LogP contribution in [0.2, 0.25) is 0 Å². The van der Waals surface area contributed by atoms with Crippen molar-refractivity contribution in [2.45, 2.75) is 26.7 Å². The standard InChI is InChI=1S/C10H14O/c1-7-3-8-4-9(7)10(2,5-8)6-11/h3,6,8-9H,4-5H2,1-2H3. The van der Waals surface area contributed by atoms with Crippen LogP contribution in [0.4, 0.5) is 0 Å². The highest BCUT2D eigenvalue weighted by molar-refractivity contribution is 5.62. The Morgan fingerprint density at radius 1 is 1.73 bits per heavy atom. The summed E-state index contributed by atoms with van der Waals surface area (Å²) in [5, 5.41) is 0. The van der Waals surface area contributed by atoms with Crippen molar-refractivity contribution < 1.29 is 4.79 Å². The summed E-state index contributed by atoms with van der Waals surface area (Å²) in [4.78, 5) is 10.8. The molecule has 0 heterocycles. The fourth-order valence-corrected chi connectivity index (χ4v) is 2.81. The van der Waals surface area contributed by atoms with Crippen LogP contribution in [0.15, 0.2) is 11.6 Å². The lowest BCUT2D eigenvalue weighted by atomic mass is 9.76. The Bertz CT molecular complexity index is 229. The van der Waals surface area contributed by atoms with Gasteiger partial charge in [-0.15, -0.1) is 0 Å². The van der Waals surface area contributed by atoms with Gasteiger partial charge in [0.05, 0.1) is 0 Å². The van der Waals surface area contributed by atoms with Gasteiger partial charge in [0.2, 0.25) is 0 Å². The highest BCUT2D eigenvalue weighted by Gasteiger charge is 2.47. The van der Waals surface area contributed by atoms with E-state index in [0.29, 0.717) is 11.8 Å². The molecule has 0 amide bonds. The van der Waals surface area contributed by atoms with E-state index in [-0.39, 0.29) is 5.41 Å². The van der Waals surface area contributed by atoms with Crippen LogP contribution in [0.5, 0.6) is 0 Å². The molecule has 0 aromatic heterocycles. The molecule has 1 nitrogen and oxygen atoms in total. The molecular weight excluding hydrogens is 136 g/mol. The summed E-state index contributed by atoms with van der Waals surface area (Å²) in [6.45, 7) is 4.26. The van der Waals surface area contributed by atoms with Gasteiger partial charge in [0.25, 0.3) is 0 Å². The van der Waals surface area contributed by atoms with Crippen molar-refractivity contribution in [3.8, 4) is 0 Å². The molecule has 0 saturated heterocycles. The van der Waals surface area contributed by atoms with E-state index in [2.05, 4.69) is 19.9 Å². The summed E-state index contributed by atoms with van der Waals surface area (Å²) in [5.41, 5.74) is 1.42. The zero-order valence-electron chi connectivity index (χ0n) is 7.13. The van der Waals surface area contributed by atoms with Crippen LogP contribution < -0.4 is 0 Å². The Labute approximate surface area is 67.5 Å². The Hall–Kier alpha value is -0.590. The Morgan fingerprint density at radius 3 is 2.82 bits per heavy atom. The fraction of sp³-hybridized carbons (Fsp3) is 0.700. The molecule has 0 aromatic rings. The van der Waals surface area contributed by atoms with Gasteiger partial charge in [-0.2, -0.15) is 0 Å². The average molecular weight is 150 g/mol. The quantitative estimate of drug-likeness (QED) is 0.413. The molecule has 3 atom stereocenters. The molecule has 60 valence electrons. The lowest BCUT2D eigenvalue weighted by Gasteiger charge is -2.27. The second kappa shape index (κ2) is 1.96. The number of carbonyl (C=O) groups is 1. The maximum atomic E-state index is 10.8. The van der Waals surface area contributed by atoms with Gasteiger partial charge in [0, 0.05) is 5.41 Å². The third-order valence-electron chi connectivity index (χ3n) is 3.35. The number of carbonyl (C=O) groups excluding carboxylic acids is 1. The number of hydrogen-bond acceptors (Lipinski definition) is 1. The third kappa shape index (κ3) is 0.800. The Morgan fingerprint density at radius 2 is 2.45 bits per heavy atom. The van der Waals surface area contributed by atoms with Gasteiger partial charge in [0.1, 0.15) is 6.29 Å². The molecule has 0 aromatic carbocycles.